The van der Waals surface area contributed by atoms with Crippen LogP contribution in [0.5, 0.6) is 0 Å². The highest BCUT2D eigenvalue weighted by molar-refractivity contribution is 5.97. The van der Waals surface area contributed by atoms with Gasteiger partial charge in [0.1, 0.15) is 29.9 Å². The number of alkyl halides is 3. The third kappa shape index (κ3) is 7.50. The van der Waals surface area contributed by atoms with Crippen LogP contribution in [0.2, 0.25) is 0 Å². The Balaban J connectivity index is 1.14. The standard InChI is InChI=1S/C29H34F3N7O4/c1-37(18-29(30,31)32)24(40)3-2-10-38-11-8-28(42,9-12-38)27(41)35-21-6-4-20(5-7-21)23-17-22-25(36-23)33-19-34-26(22)39-13-15-43-16-14-39/h2-7,17,19,42H,8-16,18H2,1H3,(H,35,41)(H,33,34,36)/b3-2+. The fraction of sp³-hybridized carbons (Fsp3) is 0.448. The first-order valence-corrected chi connectivity index (χ1v) is 14.0. The van der Waals surface area contributed by atoms with Gasteiger partial charge in [-0.2, -0.15) is 13.2 Å². The van der Waals surface area contributed by atoms with Gasteiger partial charge in [0.15, 0.2) is 0 Å². The smallest absolute Gasteiger partial charge is 0.380 e. The third-order valence-corrected chi connectivity index (χ3v) is 7.69. The van der Waals surface area contributed by atoms with Gasteiger partial charge in [0.2, 0.25) is 5.91 Å². The van der Waals surface area contributed by atoms with E-state index < -0.39 is 30.1 Å². The number of piperidine rings is 1. The van der Waals surface area contributed by atoms with Gasteiger partial charge >= 0.3 is 6.18 Å². The van der Waals surface area contributed by atoms with Gasteiger partial charge in [-0.3, -0.25) is 14.5 Å². The topological polar surface area (TPSA) is 127 Å². The SMILES string of the molecule is CN(CC(F)(F)F)C(=O)/C=C/CN1CCC(O)(C(=O)Nc2ccc(-c3cc4c(N5CCOCC5)ncnc4[nH]3)cc2)CC1. The van der Waals surface area contributed by atoms with Crippen LogP contribution in [0, 0.1) is 0 Å². The van der Waals surface area contributed by atoms with E-state index >= 15 is 0 Å². The van der Waals surface area contributed by atoms with Crippen molar-refractivity contribution in [2.24, 2.45) is 0 Å². The van der Waals surface area contributed by atoms with Crippen molar-refractivity contribution < 1.29 is 32.6 Å². The number of likely N-dealkylation sites (N-methyl/N-ethyl adjacent to an activating group) is 1. The van der Waals surface area contributed by atoms with Gasteiger partial charge in [-0.05, 0) is 36.6 Å². The minimum absolute atomic E-state index is 0.175. The summed E-state index contributed by atoms with van der Waals surface area (Å²) in [4.78, 5) is 41.7. The number of hydrogen-bond donors (Lipinski definition) is 3. The predicted octanol–water partition coefficient (Wildman–Crippen LogP) is 2.80. The Bertz CT molecular complexity index is 1460. The second-order valence-electron chi connectivity index (χ2n) is 10.8. The highest BCUT2D eigenvalue weighted by Crippen LogP contribution is 2.30. The van der Waals surface area contributed by atoms with E-state index in [0.29, 0.717) is 43.4 Å². The quantitative estimate of drug-likeness (QED) is 0.337. The van der Waals surface area contributed by atoms with Crippen LogP contribution in [-0.4, -0.2) is 113 Å². The van der Waals surface area contributed by atoms with Crippen LogP contribution in [0.1, 0.15) is 12.8 Å². The first kappa shape index (κ1) is 30.4. The summed E-state index contributed by atoms with van der Waals surface area (Å²) < 4.78 is 42.8. The van der Waals surface area contributed by atoms with E-state index in [4.69, 9.17) is 4.74 Å². The normalized spacial score (nSPS) is 17.8. The highest BCUT2D eigenvalue weighted by atomic mass is 19.4. The number of carbonyl (C=O) groups excluding carboxylic acids is 2. The monoisotopic (exact) mass is 601 g/mol. The number of carbonyl (C=O) groups is 2. The van der Waals surface area contributed by atoms with Crippen molar-refractivity contribution in [1.29, 1.82) is 0 Å². The lowest BCUT2D eigenvalue weighted by atomic mass is 9.90. The van der Waals surface area contributed by atoms with Gasteiger partial charge in [-0.1, -0.05) is 18.2 Å². The molecule has 2 aliphatic heterocycles. The second-order valence-corrected chi connectivity index (χ2v) is 10.8. The summed E-state index contributed by atoms with van der Waals surface area (Å²) in [6.45, 7) is 2.59. The maximum atomic E-state index is 13.0. The van der Waals surface area contributed by atoms with Gasteiger partial charge in [0.25, 0.3) is 5.91 Å². The number of morpholine rings is 1. The van der Waals surface area contributed by atoms with E-state index in [1.165, 1.54) is 6.08 Å². The van der Waals surface area contributed by atoms with Crippen molar-refractivity contribution in [3.8, 4) is 11.3 Å². The molecule has 0 spiro atoms. The summed E-state index contributed by atoms with van der Waals surface area (Å²) in [5.41, 5.74) is 1.46. The number of aliphatic hydroxyl groups is 1. The summed E-state index contributed by atoms with van der Waals surface area (Å²) in [6, 6.07) is 9.28. The molecule has 5 rings (SSSR count). The summed E-state index contributed by atoms with van der Waals surface area (Å²) >= 11 is 0. The number of likely N-dealkylation sites (tertiary alicyclic amines) is 1. The number of rotatable bonds is 8. The minimum Gasteiger partial charge on any atom is -0.380 e. The van der Waals surface area contributed by atoms with Gasteiger partial charge in [-0.15, -0.1) is 0 Å². The van der Waals surface area contributed by atoms with Crippen molar-refractivity contribution in [3.63, 3.8) is 0 Å². The predicted molar refractivity (Wildman–Crippen MR) is 154 cm³/mol. The van der Waals surface area contributed by atoms with Crippen molar-refractivity contribution in [1.82, 2.24) is 24.8 Å². The number of anilines is 2. The van der Waals surface area contributed by atoms with Crippen LogP contribution < -0.4 is 10.2 Å². The number of halogens is 3. The largest absolute Gasteiger partial charge is 0.406 e. The molecule has 3 N–H and O–H groups in total. The lowest BCUT2D eigenvalue weighted by Crippen LogP contribution is -2.51. The molecule has 2 amide bonds. The molecule has 3 aromatic rings. The van der Waals surface area contributed by atoms with Crippen LogP contribution in [0.4, 0.5) is 24.7 Å². The number of hydrogen-bond acceptors (Lipinski definition) is 8. The Morgan fingerprint density at radius 3 is 2.51 bits per heavy atom. The molecule has 11 nitrogen and oxygen atoms in total. The lowest BCUT2D eigenvalue weighted by molar-refractivity contribution is -0.155. The molecule has 2 fully saturated rings. The summed E-state index contributed by atoms with van der Waals surface area (Å²) in [5.74, 6) is -0.389. The van der Waals surface area contributed by atoms with Crippen LogP contribution in [0.3, 0.4) is 0 Å². The Labute approximate surface area is 246 Å². The van der Waals surface area contributed by atoms with Crippen LogP contribution >= 0.6 is 0 Å². The highest BCUT2D eigenvalue weighted by Gasteiger charge is 2.39. The maximum absolute atomic E-state index is 13.0. The Hall–Kier alpha value is -4.01. The number of amides is 2. The summed E-state index contributed by atoms with van der Waals surface area (Å²) in [6.07, 6.45) is 0.0292. The fourth-order valence-corrected chi connectivity index (χ4v) is 5.20. The molecule has 0 unspecified atom stereocenters. The molecule has 0 atom stereocenters. The molecule has 230 valence electrons. The van der Waals surface area contributed by atoms with E-state index in [1.807, 2.05) is 23.1 Å². The molecule has 1 aromatic carbocycles. The van der Waals surface area contributed by atoms with Crippen LogP contribution in [0.25, 0.3) is 22.3 Å². The fourth-order valence-electron chi connectivity index (χ4n) is 5.20. The number of ether oxygens (including phenoxy) is 1. The zero-order chi connectivity index (χ0) is 30.6. The van der Waals surface area contributed by atoms with Gasteiger partial charge in [0, 0.05) is 57.2 Å². The van der Waals surface area contributed by atoms with E-state index in [1.54, 1.807) is 18.5 Å². The number of nitrogens with zero attached hydrogens (tertiary/aromatic N) is 5. The summed E-state index contributed by atoms with van der Waals surface area (Å²) in [5, 5.41) is 14.7. The van der Waals surface area contributed by atoms with Crippen molar-refractivity contribution in [2.45, 2.75) is 24.6 Å². The number of H-pyrrole nitrogens is 1. The Morgan fingerprint density at radius 1 is 1.14 bits per heavy atom. The molecule has 0 saturated carbocycles. The second kappa shape index (κ2) is 12.7. The van der Waals surface area contributed by atoms with Crippen LogP contribution in [-0.2, 0) is 14.3 Å². The average molecular weight is 602 g/mol. The van der Waals surface area contributed by atoms with Crippen LogP contribution in [0.15, 0.2) is 48.8 Å². The van der Waals surface area contributed by atoms with E-state index in [2.05, 4.69) is 25.2 Å². The van der Waals surface area contributed by atoms with Crippen molar-refractivity contribution in [3.05, 3.63) is 48.8 Å². The van der Waals surface area contributed by atoms with Crippen molar-refractivity contribution >= 4 is 34.4 Å². The average Bonchev–Trinajstić information content (AvgIpc) is 3.43. The minimum atomic E-state index is -4.46. The molecule has 2 aliphatic rings. The number of fused-ring (bicyclic) bond motifs is 1. The van der Waals surface area contributed by atoms with Gasteiger partial charge in [-0.25, -0.2) is 9.97 Å². The van der Waals surface area contributed by atoms with Crippen molar-refractivity contribution in [2.75, 3.05) is 69.7 Å². The molecular weight excluding hydrogens is 567 g/mol. The number of nitrogens with one attached hydrogen (secondary N) is 2. The number of aromatic amines is 1. The molecule has 43 heavy (non-hydrogen) atoms. The molecule has 14 heteroatoms. The van der Waals surface area contributed by atoms with Gasteiger partial charge < -0.3 is 29.9 Å². The number of benzene rings is 1. The number of aromatic nitrogens is 3. The van der Waals surface area contributed by atoms with E-state index in [9.17, 15) is 27.9 Å². The zero-order valence-corrected chi connectivity index (χ0v) is 23.7. The molecule has 0 bridgehead atoms. The molecule has 4 heterocycles. The first-order valence-electron chi connectivity index (χ1n) is 14.0. The van der Waals surface area contributed by atoms with E-state index in [-0.39, 0.29) is 12.8 Å². The molecule has 0 aliphatic carbocycles. The molecule has 0 radical (unpaired) electrons. The zero-order valence-electron chi connectivity index (χ0n) is 23.7. The Kier molecular flexibility index (Phi) is 8.99. The molecule has 2 saturated heterocycles. The summed E-state index contributed by atoms with van der Waals surface area (Å²) in [7, 11) is 1.09. The third-order valence-electron chi connectivity index (χ3n) is 7.69. The molecular formula is C29H34F3N7O4. The first-order chi connectivity index (χ1) is 20.5. The molecule has 2 aromatic heterocycles. The van der Waals surface area contributed by atoms with E-state index in [0.717, 1.165) is 54.3 Å². The van der Waals surface area contributed by atoms with Gasteiger partial charge in [0.05, 0.1) is 18.6 Å². The lowest BCUT2D eigenvalue weighted by Gasteiger charge is -2.36. The Morgan fingerprint density at radius 2 is 1.84 bits per heavy atom. The maximum Gasteiger partial charge on any atom is 0.406 e.